The van der Waals surface area contributed by atoms with Crippen LogP contribution in [0.1, 0.15) is 27.2 Å². The van der Waals surface area contributed by atoms with Gasteiger partial charge < -0.3 is 20.5 Å². The third-order valence-electron chi connectivity index (χ3n) is 2.63. The summed E-state index contributed by atoms with van der Waals surface area (Å²) in [5.74, 6) is -0.858. The number of amides is 2. The Morgan fingerprint density at radius 2 is 2.06 bits per heavy atom. The highest BCUT2D eigenvalue weighted by molar-refractivity contribution is 5.85. The molecule has 0 rings (SSSR count). The van der Waals surface area contributed by atoms with Gasteiger partial charge in [0.1, 0.15) is 5.54 Å². The zero-order chi connectivity index (χ0) is 13.5. The highest BCUT2D eigenvalue weighted by Crippen LogP contribution is 2.08. The quantitative estimate of drug-likeness (QED) is 0.620. The standard InChI is InChI=1S/C11H22N2O4/c1-5-11(3,9(14)15)13-10(16)12-6-8(2)7-17-4/h8H,5-7H2,1-4H3,(H,14,15)(H2,12,13,16). The highest BCUT2D eigenvalue weighted by Gasteiger charge is 2.32. The van der Waals surface area contributed by atoms with E-state index in [1.54, 1.807) is 14.0 Å². The Hall–Kier alpha value is -1.30. The Morgan fingerprint density at radius 3 is 2.47 bits per heavy atom. The lowest BCUT2D eigenvalue weighted by Gasteiger charge is -2.25. The molecule has 0 heterocycles. The molecule has 6 heteroatoms. The van der Waals surface area contributed by atoms with E-state index in [9.17, 15) is 9.59 Å². The number of carbonyl (C=O) groups is 2. The van der Waals surface area contributed by atoms with Gasteiger partial charge in [0.15, 0.2) is 0 Å². The Kier molecular flexibility index (Phi) is 6.57. The number of aliphatic carboxylic acids is 1. The minimum atomic E-state index is -1.23. The average molecular weight is 246 g/mol. The van der Waals surface area contributed by atoms with Crippen LogP contribution in [0.2, 0.25) is 0 Å². The summed E-state index contributed by atoms with van der Waals surface area (Å²) in [6.45, 7) is 6.11. The molecular weight excluding hydrogens is 224 g/mol. The number of hydrogen-bond donors (Lipinski definition) is 3. The maximum absolute atomic E-state index is 11.5. The number of ether oxygens (including phenoxy) is 1. The Balaban J connectivity index is 4.13. The van der Waals surface area contributed by atoms with E-state index in [1.165, 1.54) is 6.92 Å². The van der Waals surface area contributed by atoms with Gasteiger partial charge in [-0.3, -0.25) is 0 Å². The molecule has 3 N–H and O–H groups in total. The van der Waals surface area contributed by atoms with Crippen molar-refractivity contribution in [1.29, 1.82) is 0 Å². The number of carboxylic acids is 1. The molecule has 100 valence electrons. The predicted molar refractivity (Wildman–Crippen MR) is 63.9 cm³/mol. The summed E-state index contributed by atoms with van der Waals surface area (Å²) in [5.41, 5.74) is -1.23. The number of nitrogens with one attached hydrogen (secondary N) is 2. The SMILES string of the molecule is CCC(C)(NC(=O)NCC(C)COC)C(=O)O. The lowest BCUT2D eigenvalue weighted by Crippen LogP contribution is -2.55. The molecule has 0 aliphatic carbocycles. The first-order valence-corrected chi connectivity index (χ1v) is 5.64. The molecule has 2 atom stereocenters. The number of urea groups is 1. The highest BCUT2D eigenvalue weighted by atomic mass is 16.5. The van der Waals surface area contributed by atoms with Crippen molar-refractivity contribution >= 4 is 12.0 Å². The topological polar surface area (TPSA) is 87.7 Å². The van der Waals surface area contributed by atoms with Crippen molar-refractivity contribution < 1.29 is 19.4 Å². The first-order valence-electron chi connectivity index (χ1n) is 5.64. The molecule has 0 saturated carbocycles. The van der Waals surface area contributed by atoms with Gasteiger partial charge in [0.2, 0.25) is 0 Å². The van der Waals surface area contributed by atoms with Crippen LogP contribution < -0.4 is 10.6 Å². The predicted octanol–water partition coefficient (Wildman–Crippen LogP) is 0.821. The molecule has 0 saturated heterocycles. The van der Waals surface area contributed by atoms with Crippen LogP contribution in [0.3, 0.4) is 0 Å². The van der Waals surface area contributed by atoms with Crippen molar-refractivity contribution in [2.75, 3.05) is 20.3 Å². The number of carbonyl (C=O) groups excluding carboxylic acids is 1. The minimum absolute atomic E-state index is 0.184. The molecule has 0 fully saturated rings. The van der Waals surface area contributed by atoms with E-state index < -0.39 is 17.5 Å². The summed E-state index contributed by atoms with van der Waals surface area (Å²) in [6.07, 6.45) is 0.323. The average Bonchev–Trinajstić information content (AvgIpc) is 2.26. The molecule has 0 aromatic carbocycles. The molecule has 0 aromatic heterocycles. The molecule has 2 amide bonds. The first-order chi connectivity index (χ1) is 7.85. The van der Waals surface area contributed by atoms with Gasteiger partial charge in [0.25, 0.3) is 0 Å². The minimum Gasteiger partial charge on any atom is -0.480 e. The molecular formula is C11H22N2O4. The van der Waals surface area contributed by atoms with Gasteiger partial charge in [-0.25, -0.2) is 9.59 Å². The van der Waals surface area contributed by atoms with Crippen molar-refractivity contribution in [3.63, 3.8) is 0 Å². The number of hydrogen-bond acceptors (Lipinski definition) is 3. The molecule has 0 radical (unpaired) electrons. The Labute approximate surface area is 102 Å². The maximum Gasteiger partial charge on any atom is 0.329 e. The second-order valence-electron chi connectivity index (χ2n) is 4.39. The fourth-order valence-electron chi connectivity index (χ4n) is 1.20. The zero-order valence-corrected chi connectivity index (χ0v) is 10.9. The van der Waals surface area contributed by atoms with E-state index in [1.807, 2.05) is 6.92 Å². The lowest BCUT2D eigenvalue weighted by atomic mass is 10.00. The van der Waals surface area contributed by atoms with E-state index in [0.717, 1.165) is 0 Å². The fourth-order valence-corrected chi connectivity index (χ4v) is 1.20. The molecule has 0 spiro atoms. The normalized spacial score (nSPS) is 15.8. The van der Waals surface area contributed by atoms with Gasteiger partial charge in [-0.1, -0.05) is 13.8 Å². The molecule has 0 aliphatic heterocycles. The molecule has 17 heavy (non-hydrogen) atoms. The summed E-state index contributed by atoms with van der Waals surface area (Å²) in [5, 5.41) is 14.0. The molecule has 2 unspecified atom stereocenters. The van der Waals surface area contributed by atoms with Gasteiger partial charge in [-0.05, 0) is 19.3 Å². The van der Waals surface area contributed by atoms with Crippen LogP contribution in [0.5, 0.6) is 0 Å². The van der Waals surface area contributed by atoms with Gasteiger partial charge in [-0.2, -0.15) is 0 Å². The molecule has 0 aromatic rings. The Morgan fingerprint density at radius 1 is 1.47 bits per heavy atom. The van der Waals surface area contributed by atoms with Crippen LogP contribution in [0, 0.1) is 5.92 Å². The van der Waals surface area contributed by atoms with Crippen molar-refractivity contribution in [3.05, 3.63) is 0 Å². The molecule has 0 aliphatic rings. The number of methoxy groups -OCH3 is 1. The summed E-state index contributed by atoms with van der Waals surface area (Å²) in [4.78, 5) is 22.5. The third kappa shape index (κ3) is 5.53. The third-order valence-corrected chi connectivity index (χ3v) is 2.63. The summed E-state index contributed by atoms with van der Waals surface area (Å²) >= 11 is 0. The monoisotopic (exact) mass is 246 g/mol. The van der Waals surface area contributed by atoms with Crippen LogP contribution in [0.25, 0.3) is 0 Å². The van der Waals surface area contributed by atoms with Crippen molar-refractivity contribution in [2.24, 2.45) is 5.92 Å². The van der Waals surface area contributed by atoms with E-state index in [2.05, 4.69) is 10.6 Å². The van der Waals surface area contributed by atoms with Gasteiger partial charge >= 0.3 is 12.0 Å². The van der Waals surface area contributed by atoms with Gasteiger partial charge in [0, 0.05) is 13.7 Å². The van der Waals surface area contributed by atoms with Gasteiger partial charge in [-0.15, -0.1) is 0 Å². The van der Waals surface area contributed by atoms with E-state index in [-0.39, 0.29) is 5.92 Å². The van der Waals surface area contributed by atoms with Crippen molar-refractivity contribution in [3.8, 4) is 0 Å². The first kappa shape index (κ1) is 15.7. The van der Waals surface area contributed by atoms with E-state index in [4.69, 9.17) is 9.84 Å². The van der Waals surface area contributed by atoms with Crippen LogP contribution >= 0.6 is 0 Å². The van der Waals surface area contributed by atoms with Crippen LogP contribution in [-0.4, -0.2) is 42.9 Å². The lowest BCUT2D eigenvalue weighted by molar-refractivity contribution is -0.143. The van der Waals surface area contributed by atoms with Crippen molar-refractivity contribution in [1.82, 2.24) is 10.6 Å². The molecule has 0 bridgehead atoms. The second-order valence-corrected chi connectivity index (χ2v) is 4.39. The number of rotatable bonds is 7. The number of carboxylic acid groups (broad SMARTS) is 1. The largest absolute Gasteiger partial charge is 0.480 e. The smallest absolute Gasteiger partial charge is 0.329 e. The van der Waals surface area contributed by atoms with Crippen LogP contribution in [0.4, 0.5) is 4.79 Å². The van der Waals surface area contributed by atoms with E-state index >= 15 is 0 Å². The maximum atomic E-state index is 11.5. The van der Waals surface area contributed by atoms with Gasteiger partial charge in [0.05, 0.1) is 6.61 Å². The van der Waals surface area contributed by atoms with Crippen molar-refractivity contribution in [2.45, 2.75) is 32.7 Å². The van der Waals surface area contributed by atoms with Crippen LogP contribution in [-0.2, 0) is 9.53 Å². The second kappa shape index (κ2) is 7.11. The summed E-state index contributed by atoms with van der Waals surface area (Å²) < 4.78 is 4.93. The summed E-state index contributed by atoms with van der Waals surface area (Å²) in [6, 6.07) is -0.472. The summed E-state index contributed by atoms with van der Waals surface area (Å²) in [7, 11) is 1.59. The fraction of sp³-hybridized carbons (Fsp3) is 0.818. The molecule has 6 nitrogen and oxygen atoms in total. The van der Waals surface area contributed by atoms with Crippen LogP contribution in [0.15, 0.2) is 0 Å². The van der Waals surface area contributed by atoms with E-state index in [0.29, 0.717) is 19.6 Å². The Bertz CT molecular complexity index is 270. The zero-order valence-electron chi connectivity index (χ0n) is 10.9.